The fourth-order valence-electron chi connectivity index (χ4n) is 4.05. The average molecular weight is 480 g/mol. The van der Waals surface area contributed by atoms with Crippen LogP contribution in [0, 0.1) is 6.92 Å². The van der Waals surface area contributed by atoms with Crippen molar-refractivity contribution in [2.24, 2.45) is 0 Å². The van der Waals surface area contributed by atoms with E-state index in [0.717, 1.165) is 51.1 Å². The van der Waals surface area contributed by atoms with Crippen LogP contribution in [0.1, 0.15) is 21.8 Å². The largest absolute Gasteiger partial charge is 0.497 e. The summed E-state index contributed by atoms with van der Waals surface area (Å²) < 4.78 is 12.4. The van der Waals surface area contributed by atoms with Crippen molar-refractivity contribution in [1.29, 1.82) is 0 Å². The Labute approximate surface area is 201 Å². The van der Waals surface area contributed by atoms with Gasteiger partial charge in [-0.2, -0.15) is 0 Å². The van der Waals surface area contributed by atoms with Crippen LogP contribution in [0.3, 0.4) is 0 Å². The lowest BCUT2D eigenvalue weighted by Gasteiger charge is -2.35. The first-order valence-electron chi connectivity index (χ1n) is 10.9. The maximum Gasteiger partial charge on any atom is 0.290 e. The van der Waals surface area contributed by atoms with Crippen molar-refractivity contribution >= 4 is 45.7 Å². The van der Waals surface area contributed by atoms with Gasteiger partial charge in [-0.1, -0.05) is 30.0 Å². The van der Waals surface area contributed by atoms with Crippen molar-refractivity contribution in [3.8, 4) is 5.75 Å². The summed E-state index contributed by atoms with van der Waals surface area (Å²) in [4.78, 5) is 22.2. The highest BCUT2D eigenvalue weighted by molar-refractivity contribution is 8.00. The minimum Gasteiger partial charge on any atom is -0.497 e. The fourth-order valence-corrected chi connectivity index (χ4v) is 5.93. The molecule has 0 radical (unpaired) electrons. The highest BCUT2D eigenvalue weighted by atomic mass is 32.2. The molecule has 8 heteroatoms. The predicted octanol–water partition coefficient (Wildman–Crippen LogP) is 5.46. The van der Waals surface area contributed by atoms with E-state index in [0.29, 0.717) is 24.6 Å². The van der Waals surface area contributed by atoms with Crippen LogP contribution in [0.4, 0.5) is 5.69 Å². The van der Waals surface area contributed by atoms with Crippen LogP contribution in [0.25, 0.3) is 11.0 Å². The number of aryl methyl sites for hydroxylation is 1. The number of methoxy groups -OCH3 is 1. The second-order valence-electron chi connectivity index (χ2n) is 7.93. The SMILES string of the molecule is COc1ccc(N2CCN(C(=O)c3oc4ccccc4c3CSc3nc(C)cs3)CC2)cc1. The van der Waals surface area contributed by atoms with Crippen LogP contribution in [-0.2, 0) is 5.75 Å². The van der Waals surface area contributed by atoms with Gasteiger partial charge in [-0.3, -0.25) is 4.79 Å². The van der Waals surface area contributed by atoms with Crippen LogP contribution >= 0.6 is 23.1 Å². The zero-order valence-electron chi connectivity index (χ0n) is 18.6. The average Bonchev–Trinajstić information content (AvgIpc) is 3.45. The van der Waals surface area contributed by atoms with Gasteiger partial charge in [-0.15, -0.1) is 11.3 Å². The number of para-hydroxylation sites is 1. The number of piperazine rings is 1. The Hall–Kier alpha value is -2.97. The molecule has 1 amide bonds. The summed E-state index contributed by atoms with van der Waals surface area (Å²) in [5.74, 6) is 1.91. The molecule has 1 fully saturated rings. The summed E-state index contributed by atoms with van der Waals surface area (Å²) in [6.45, 7) is 4.86. The van der Waals surface area contributed by atoms with E-state index in [4.69, 9.17) is 9.15 Å². The normalized spacial score (nSPS) is 14.1. The summed E-state index contributed by atoms with van der Waals surface area (Å²) >= 11 is 3.28. The molecular weight excluding hydrogens is 454 g/mol. The van der Waals surface area contributed by atoms with Gasteiger partial charge in [0, 0.05) is 59.6 Å². The molecule has 0 aliphatic carbocycles. The van der Waals surface area contributed by atoms with Gasteiger partial charge in [0.2, 0.25) is 0 Å². The van der Waals surface area contributed by atoms with Gasteiger partial charge in [0.05, 0.1) is 7.11 Å². The van der Waals surface area contributed by atoms with Gasteiger partial charge in [-0.25, -0.2) is 4.98 Å². The number of furan rings is 1. The number of hydrogen-bond donors (Lipinski definition) is 0. The lowest BCUT2D eigenvalue weighted by Crippen LogP contribution is -2.48. The molecule has 1 aliphatic rings. The van der Waals surface area contributed by atoms with Gasteiger partial charge in [0.15, 0.2) is 5.76 Å². The van der Waals surface area contributed by atoms with Crippen molar-refractivity contribution in [2.75, 3.05) is 38.2 Å². The van der Waals surface area contributed by atoms with Gasteiger partial charge < -0.3 is 19.0 Å². The van der Waals surface area contributed by atoms with E-state index < -0.39 is 0 Å². The van der Waals surface area contributed by atoms with Crippen molar-refractivity contribution in [3.05, 3.63) is 70.9 Å². The summed E-state index contributed by atoms with van der Waals surface area (Å²) in [6.07, 6.45) is 0. The highest BCUT2D eigenvalue weighted by Crippen LogP contribution is 2.34. The first-order valence-corrected chi connectivity index (χ1v) is 12.7. The highest BCUT2D eigenvalue weighted by Gasteiger charge is 2.28. The van der Waals surface area contributed by atoms with Gasteiger partial charge in [-0.05, 0) is 37.3 Å². The summed E-state index contributed by atoms with van der Waals surface area (Å²) in [5, 5.41) is 3.04. The molecule has 5 rings (SSSR count). The molecule has 4 aromatic rings. The van der Waals surface area contributed by atoms with Crippen LogP contribution in [0.5, 0.6) is 5.75 Å². The van der Waals surface area contributed by atoms with E-state index >= 15 is 0 Å². The fraction of sp³-hybridized carbons (Fsp3) is 0.280. The Morgan fingerprint density at radius 1 is 1.12 bits per heavy atom. The molecular formula is C25H25N3O3S2. The number of rotatable bonds is 6. The molecule has 1 saturated heterocycles. The summed E-state index contributed by atoms with van der Waals surface area (Å²) in [5.41, 5.74) is 3.86. The quantitative estimate of drug-likeness (QED) is 0.342. The standard InChI is InChI=1S/C25H25N3O3S2/c1-17-15-32-25(26-17)33-16-21-20-5-3-4-6-22(20)31-23(21)24(29)28-13-11-27(12-14-28)18-7-9-19(30-2)10-8-18/h3-10,15H,11-14,16H2,1-2H3. The van der Waals surface area contributed by atoms with E-state index in [9.17, 15) is 4.79 Å². The third kappa shape index (κ3) is 4.58. The molecule has 2 aromatic carbocycles. The smallest absolute Gasteiger partial charge is 0.290 e. The number of ether oxygens (including phenoxy) is 1. The number of carbonyl (C=O) groups is 1. The van der Waals surface area contributed by atoms with Crippen LogP contribution in [0.15, 0.2) is 62.7 Å². The maximum absolute atomic E-state index is 13.5. The molecule has 0 spiro atoms. The van der Waals surface area contributed by atoms with E-state index in [1.807, 2.05) is 53.6 Å². The molecule has 3 heterocycles. The number of anilines is 1. The Balaban J connectivity index is 1.32. The molecule has 2 aromatic heterocycles. The second-order valence-corrected chi connectivity index (χ2v) is 10.0. The summed E-state index contributed by atoms with van der Waals surface area (Å²) in [7, 11) is 1.67. The van der Waals surface area contributed by atoms with Gasteiger partial charge in [0.1, 0.15) is 15.7 Å². The Morgan fingerprint density at radius 3 is 2.58 bits per heavy atom. The number of aromatic nitrogens is 1. The Morgan fingerprint density at radius 2 is 1.88 bits per heavy atom. The molecule has 6 nitrogen and oxygen atoms in total. The number of nitrogens with zero attached hydrogens (tertiary/aromatic N) is 3. The molecule has 33 heavy (non-hydrogen) atoms. The molecule has 170 valence electrons. The third-order valence-electron chi connectivity index (χ3n) is 5.83. The van der Waals surface area contributed by atoms with Gasteiger partial charge >= 0.3 is 0 Å². The summed E-state index contributed by atoms with van der Waals surface area (Å²) in [6, 6.07) is 15.9. The van der Waals surface area contributed by atoms with Crippen molar-refractivity contribution in [2.45, 2.75) is 17.0 Å². The van der Waals surface area contributed by atoms with E-state index in [1.165, 1.54) is 0 Å². The van der Waals surface area contributed by atoms with Gasteiger partial charge in [0.25, 0.3) is 5.91 Å². The minimum absolute atomic E-state index is 0.0356. The molecule has 0 bridgehead atoms. The number of benzene rings is 2. The molecule has 0 saturated carbocycles. The number of amides is 1. The number of thioether (sulfide) groups is 1. The zero-order chi connectivity index (χ0) is 22.8. The van der Waals surface area contributed by atoms with Crippen LogP contribution in [0.2, 0.25) is 0 Å². The van der Waals surface area contributed by atoms with Crippen molar-refractivity contribution in [3.63, 3.8) is 0 Å². The number of hydrogen-bond acceptors (Lipinski definition) is 7. The predicted molar refractivity (Wildman–Crippen MR) is 134 cm³/mol. The minimum atomic E-state index is -0.0356. The number of fused-ring (bicyclic) bond motifs is 1. The molecule has 0 N–H and O–H groups in total. The van der Waals surface area contributed by atoms with E-state index in [-0.39, 0.29) is 5.91 Å². The molecule has 0 unspecified atom stereocenters. The van der Waals surface area contributed by atoms with E-state index in [2.05, 4.69) is 22.0 Å². The second kappa shape index (κ2) is 9.49. The Kier molecular flexibility index (Phi) is 6.28. The monoisotopic (exact) mass is 479 g/mol. The lowest BCUT2D eigenvalue weighted by molar-refractivity contribution is 0.0716. The topological polar surface area (TPSA) is 58.8 Å². The molecule has 1 aliphatic heterocycles. The number of thiazole rings is 1. The third-order valence-corrected chi connectivity index (χ3v) is 8.00. The number of carbonyl (C=O) groups excluding carboxylic acids is 1. The van der Waals surface area contributed by atoms with Crippen molar-refractivity contribution in [1.82, 2.24) is 9.88 Å². The Bertz CT molecular complexity index is 1260. The van der Waals surface area contributed by atoms with Crippen molar-refractivity contribution < 1.29 is 13.9 Å². The maximum atomic E-state index is 13.5. The van der Waals surface area contributed by atoms with E-state index in [1.54, 1.807) is 30.2 Å². The molecule has 0 atom stereocenters. The first kappa shape index (κ1) is 21.9. The van der Waals surface area contributed by atoms with Crippen LogP contribution < -0.4 is 9.64 Å². The zero-order valence-corrected chi connectivity index (χ0v) is 20.2. The van der Waals surface area contributed by atoms with Crippen LogP contribution in [-0.4, -0.2) is 49.1 Å². The first-order chi connectivity index (χ1) is 16.1. The lowest BCUT2D eigenvalue weighted by atomic mass is 10.1.